The van der Waals surface area contributed by atoms with Crippen molar-refractivity contribution in [2.24, 2.45) is 0 Å². The summed E-state index contributed by atoms with van der Waals surface area (Å²) in [5.41, 5.74) is 1.88. The average Bonchev–Trinajstić information content (AvgIpc) is 2.81. The highest BCUT2D eigenvalue weighted by Gasteiger charge is 2.16. The number of carbonyl (C=O) groups is 1. The quantitative estimate of drug-likeness (QED) is 0.792. The lowest BCUT2D eigenvalue weighted by Gasteiger charge is -2.07. The maximum atomic E-state index is 11.7. The number of hydrogen-bond acceptors (Lipinski definition) is 4. The predicted molar refractivity (Wildman–Crippen MR) is 70.8 cm³/mol. The average molecular weight is 260 g/mol. The number of aryl methyl sites for hydroxylation is 1. The zero-order valence-electron chi connectivity index (χ0n) is 11.2. The van der Waals surface area contributed by atoms with Crippen LogP contribution in [-0.4, -0.2) is 29.5 Å². The lowest BCUT2D eigenvalue weighted by atomic mass is 10.3. The second kappa shape index (κ2) is 5.56. The van der Waals surface area contributed by atoms with E-state index in [-0.39, 0.29) is 0 Å². The first-order valence-corrected chi connectivity index (χ1v) is 6.04. The SMILES string of the molecule is CCOC(=O)c1nn(-c2ccccc2OC)cc1C. The standard InChI is InChI=1S/C14H16N2O3/c1-4-19-14(17)13-10(2)9-16(15-13)11-7-5-6-8-12(11)18-3/h5-9H,4H2,1-3H3. The molecule has 2 rings (SSSR count). The van der Waals surface area contributed by atoms with E-state index in [0.29, 0.717) is 18.1 Å². The number of aromatic nitrogens is 2. The Balaban J connectivity index is 2.42. The fourth-order valence-corrected chi connectivity index (χ4v) is 1.80. The molecule has 0 bridgehead atoms. The number of methoxy groups -OCH3 is 1. The molecule has 1 heterocycles. The molecule has 0 saturated heterocycles. The highest BCUT2D eigenvalue weighted by atomic mass is 16.5. The largest absolute Gasteiger partial charge is 0.494 e. The Morgan fingerprint density at radius 2 is 2.11 bits per heavy atom. The lowest BCUT2D eigenvalue weighted by Crippen LogP contribution is -2.08. The summed E-state index contributed by atoms with van der Waals surface area (Å²) < 4.78 is 11.9. The number of carbonyl (C=O) groups excluding carboxylic acids is 1. The highest BCUT2D eigenvalue weighted by molar-refractivity contribution is 5.88. The summed E-state index contributed by atoms with van der Waals surface area (Å²) in [6, 6.07) is 7.49. The molecule has 0 amide bonds. The molecule has 0 atom stereocenters. The van der Waals surface area contributed by atoms with Gasteiger partial charge in [-0.05, 0) is 26.0 Å². The molecule has 19 heavy (non-hydrogen) atoms. The second-order valence-electron chi connectivity index (χ2n) is 4.00. The Hall–Kier alpha value is -2.30. The predicted octanol–water partition coefficient (Wildman–Crippen LogP) is 2.37. The van der Waals surface area contributed by atoms with E-state index in [2.05, 4.69) is 5.10 Å². The first-order valence-electron chi connectivity index (χ1n) is 6.04. The number of nitrogens with zero attached hydrogens (tertiary/aromatic N) is 2. The molecule has 0 unspecified atom stereocenters. The van der Waals surface area contributed by atoms with E-state index in [1.165, 1.54) is 0 Å². The van der Waals surface area contributed by atoms with E-state index in [0.717, 1.165) is 11.3 Å². The monoisotopic (exact) mass is 260 g/mol. The van der Waals surface area contributed by atoms with Crippen molar-refractivity contribution < 1.29 is 14.3 Å². The number of rotatable bonds is 4. The minimum Gasteiger partial charge on any atom is -0.494 e. The van der Waals surface area contributed by atoms with E-state index in [4.69, 9.17) is 9.47 Å². The smallest absolute Gasteiger partial charge is 0.359 e. The fraction of sp³-hybridized carbons (Fsp3) is 0.286. The molecule has 5 heteroatoms. The van der Waals surface area contributed by atoms with Crippen molar-refractivity contribution >= 4 is 5.97 Å². The summed E-state index contributed by atoms with van der Waals surface area (Å²) in [6.07, 6.45) is 1.78. The van der Waals surface area contributed by atoms with Gasteiger partial charge in [-0.3, -0.25) is 0 Å². The molecule has 0 aliphatic rings. The van der Waals surface area contributed by atoms with E-state index in [1.54, 1.807) is 24.9 Å². The molecule has 0 N–H and O–H groups in total. The van der Waals surface area contributed by atoms with Gasteiger partial charge < -0.3 is 9.47 Å². The van der Waals surface area contributed by atoms with Crippen molar-refractivity contribution in [3.63, 3.8) is 0 Å². The summed E-state index contributed by atoms with van der Waals surface area (Å²) in [6.45, 7) is 3.93. The van der Waals surface area contributed by atoms with Crippen molar-refractivity contribution in [1.82, 2.24) is 9.78 Å². The fourth-order valence-electron chi connectivity index (χ4n) is 1.80. The third-order valence-corrected chi connectivity index (χ3v) is 2.70. The van der Waals surface area contributed by atoms with Gasteiger partial charge in [0.1, 0.15) is 11.4 Å². The van der Waals surface area contributed by atoms with Crippen LogP contribution in [0.1, 0.15) is 23.0 Å². The van der Waals surface area contributed by atoms with Gasteiger partial charge in [-0.2, -0.15) is 5.10 Å². The van der Waals surface area contributed by atoms with Crippen LogP contribution in [0.4, 0.5) is 0 Å². The first kappa shape index (κ1) is 13.1. The van der Waals surface area contributed by atoms with Gasteiger partial charge in [-0.15, -0.1) is 0 Å². The molecular weight excluding hydrogens is 244 g/mol. The van der Waals surface area contributed by atoms with Gasteiger partial charge in [0.2, 0.25) is 0 Å². The minimum absolute atomic E-state index is 0.327. The molecule has 0 saturated carbocycles. The van der Waals surface area contributed by atoms with Crippen molar-refractivity contribution in [2.45, 2.75) is 13.8 Å². The number of para-hydroxylation sites is 2. The Labute approximate surface area is 111 Å². The van der Waals surface area contributed by atoms with Crippen LogP contribution >= 0.6 is 0 Å². The first-order chi connectivity index (χ1) is 9.17. The van der Waals surface area contributed by atoms with Crippen LogP contribution in [0.3, 0.4) is 0 Å². The maximum absolute atomic E-state index is 11.7. The van der Waals surface area contributed by atoms with Crippen molar-refractivity contribution in [1.29, 1.82) is 0 Å². The van der Waals surface area contributed by atoms with Gasteiger partial charge in [0.25, 0.3) is 0 Å². The van der Waals surface area contributed by atoms with Crippen LogP contribution in [0.25, 0.3) is 5.69 Å². The lowest BCUT2D eigenvalue weighted by molar-refractivity contribution is 0.0518. The Kier molecular flexibility index (Phi) is 3.85. The van der Waals surface area contributed by atoms with Gasteiger partial charge in [-0.25, -0.2) is 9.48 Å². The number of hydrogen-bond donors (Lipinski definition) is 0. The molecule has 0 aliphatic carbocycles. The summed E-state index contributed by atoms with van der Waals surface area (Å²) >= 11 is 0. The van der Waals surface area contributed by atoms with Crippen molar-refractivity contribution in [2.75, 3.05) is 13.7 Å². The van der Waals surface area contributed by atoms with E-state index in [1.807, 2.05) is 31.2 Å². The molecule has 0 fully saturated rings. The molecule has 0 spiro atoms. The third kappa shape index (κ3) is 2.59. The zero-order valence-corrected chi connectivity index (χ0v) is 11.2. The van der Waals surface area contributed by atoms with Gasteiger partial charge in [0.15, 0.2) is 5.69 Å². The molecular formula is C14H16N2O3. The Morgan fingerprint density at radius 1 is 1.37 bits per heavy atom. The molecule has 1 aromatic carbocycles. The van der Waals surface area contributed by atoms with Crippen LogP contribution in [0, 0.1) is 6.92 Å². The zero-order chi connectivity index (χ0) is 13.8. The van der Waals surface area contributed by atoms with Gasteiger partial charge in [-0.1, -0.05) is 12.1 Å². The van der Waals surface area contributed by atoms with Crippen molar-refractivity contribution in [3.05, 3.63) is 41.7 Å². The summed E-state index contributed by atoms with van der Waals surface area (Å²) in [4.78, 5) is 11.7. The van der Waals surface area contributed by atoms with E-state index >= 15 is 0 Å². The normalized spacial score (nSPS) is 10.3. The number of benzene rings is 1. The minimum atomic E-state index is -0.409. The van der Waals surface area contributed by atoms with Gasteiger partial charge in [0.05, 0.1) is 13.7 Å². The van der Waals surface area contributed by atoms with Crippen LogP contribution in [0.5, 0.6) is 5.75 Å². The highest BCUT2D eigenvalue weighted by Crippen LogP contribution is 2.22. The van der Waals surface area contributed by atoms with E-state index < -0.39 is 5.97 Å². The summed E-state index contributed by atoms with van der Waals surface area (Å²) in [5.74, 6) is 0.286. The molecule has 0 radical (unpaired) electrons. The molecule has 1 aromatic heterocycles. The second-order valence-corrected chi connectivity index (χ2v) is 4.00. The summed E-state index contributed by atoms with van der Waals surface area (Å²) in [7, 11) is 1.60. The molecule has 2 aromatic rings. The number of ether oxygens (including phenoxy) is 2. The van der Waals surface area contributed by atoms with Crippen molar-refractivity contribution in [3.8, 4) is 11.4 Å². The molecule has 0 aliphatic heterocycles. The molecule has 5 nitrogen and oxygen atoms in total. The third-order valence-electron chi connectivity index (χ3n) is 2.70. The van der Waals surface area contributed by atoms with Crippen LogP contribution in [0.15, 0.2) is 30.5 Å². The van der Waals surface area contributed by atoms with Gasteiger partial charge >= 0.3 is 5.97 Å². The number of esters is 1. The molecule has 100 valence electrons. The van der Waals surface area contributed by atoms with Crippen LogP contribution in [0.2, 0.25) is 0 Å². The van der Waals surface area contributed by atoms with Gasteiger partial charge in [0, 0.05) is 11.8 Å². The maximum Gasteiger partial charge on any atom is 0.359 e. The van der Waals surface area contributed by atoms with Crippen LogP contribution < -0.4 is 4.74 Å². The van der Waals surface area contributed by atoms with E-state index in [9.17, 15) is 4.79 Å². The van der Waals surface area contributed by atoms with Crippen LogP contribution in [-0.2, 0) is 4.74 Å². The topological polar surface area (TPSA) is 53.3 Å². The summed E-state index contributed by atoms with van der Waals surface area (Å²) in [5, 5.41) is 4.27. The Morgan fingerprint density at radius 3 is 2.79 bits per heavy atom. The Bertz CT molecular complexity index is 590.